The van der Waals surface area contributed by atoms with Gasteiger partial charge in [0.15, 0.2) is 6.61 Å². The van der Waals surface area contributed by atoms with E-state index in [1.54, 1.807) is 61.5 Å². The predicted octanol–water partition coefficient (Wildman–Crippen LogP) is 5.02. The third kappa shape index (κ3) is 4.55. The number of hydrogen-bond acceptors (Lipinski definition) is 4. The molecule has 0 atom stereocenters. The summed E-state index contributed by atoms with van der Waals surface area (Å²) < 4.78 is 6.98. The van der Waals surface area contributed by atoms with E-state index in [1.807, 2.05) is 6.07 Å². The molecule has 6 nitrogen and oxygen atoms in total. The Hall–Kier alpha value is -3.35. The molecule has 3 aromatic carbocycles. The molecular weight excluding hydrogens is 437 g/mol. The van der Waals surface area contributed by atoms with Crippen molar-refractivity contribution in [1.29, 1.82) is 0 Å². The van der Waals surface area contributed by atoms with E-state index >= 15 is 0 Å². The summed E-state index contributed by atoms with van der Waals surface area (Å²) in [5.74, 6) is 0.538. The minimum absolute atomic E-state index is 0.174. The van der Waals surface area contributed by atoms with Crippen LogP contribution in [0.2, 0.25) is 10.0 Å². The molecule has 0 aliphatic heterocycles. The Labute approximate surface area is 188 Å². The van der Waals surface area contributed by atoms with Crippen LogP contribution in [0.1, 0.15) is 5.82 Å². The summed E-state index contributed by atoms with van der Waals surface area (Å²) in [6, 6.07) is 18.9. The van der Waals surface area contributed by atoms with Crippen LogP contribution in [0, 0.1) is 6.92 Å². The Morgan fingerprint density at radius 1 is 1.06 bits per heavy atom. The minimum atomic E-state index is -0.371. The number of para-hydroxylation sites is 1. The third-order valence-electron chi connectivity index (χ3n) is 4.58. The monoisotopic (exact) mass is 453 g/mol. The number of ether oxygens (including phenoxy) is 1. The predicted molar refractivity (Wildman–Crippen MR) is 123 cm³/mol. The van der Waals surface area contributed by atoms with Crippen LogP contribution in [0.4, 0.5) is 5.69 Å². The molecule has 1 N–H and O–H groups in total. The molecule has 0 unspecified atom stereocenters. The fourth-order valence-corrected chi connectivity index (χ4v) is 3.67. The summed E-state index contributed by atoms with van der Waals surface area (Å²) >= 11 is 11.9. The molecule has 0 radical (unpaired) electrons. The molecule has 0 spiro atoms. The highest BCUT2D eigenvalue weighted by Gasteiger charge is 2.11. The molecule has 4 rings (SSSR count). The van der Waals surface area contributed by atoms with Crippen LogP contribution in [0.3, 0.4) is 0 Å². The van der Waals surface area contributed by atoms with E-state index in [9.17, 15) is 9.59 Å². The van der Waals surface area contributed by atoms with Gasteiger partial charge in [-0.1, -0.05) is 41.4 Å². The van der Waals surface area contributed by atoms with Crippen LogP contribution in [0.25, 0.3) is 16.6 Å². The van der Waals surface area contributed by atoms with Crippen molar-refractivity contribution < 1.29 is 9.53 Å². The molecule has 1 amide bonds. The van der Waals surface area contributed by atoms with Gasteiger partial charge in [0.25, 0.3) is 11.5 Å². The van der Waals surface area contributed by atoms with E-state index in [1.165, 1.54) is 10.6 Å². The van der Waals surface area contributed by atoms with Gasteiger partial charge in [-0.05, 0) is 55.5 Å². The first kappa shape index (κ1) is 20.9. The van der Waals surface area contributed by atoms with Crippen LogP contribution in [-0.2, 0) is 4.79 Å². The Morgan fingerprint density at radius 3 is 2.68 bits per heavy atom. The van der Waals surface area contributed by atoms with Gasteiger partial charge >= 0.3 is 0 Å². The number of nitrogens with one attached hydrogen (secondary N) is 1. The van der Waals surface area contributed by atoms with Crippen molar-refractivity contribution in [1.82, 2.24) is 9.55 Å². The summed E-state index contributed by atoms with van der Waals surface area (Å²) in [4.78, 5) is 29.8. The van der Waals surface area contributed by atoms with Crippen molar-refractivity contribution in [3.8, 4) is 11.4 Å². The molecule has 0 fully saturated rings. The molecule has 0 aliphatic carbocycles. The molecule has 4 aromatic rings. The van der Waals surface area contributed by atoms with E-state index in [2.05, 4.69) is 10.3 Å². The number of nitrogens with zero attached hydrogens (tertiary/aromatic N) is 2. The lowest BCUT2D eigenvalue weighted by molar-refractivity contribution is -0.118. The number of fused-ring (bicyclic) bond motifs is 1. The number of aryl methyl sites for hydroxylation is 1. The summed E-state index contributed by atoms with van der Waals surface area (Å²) in [5, 5.41) is 4.08. The van der Waals surface area contributed by atoms with Crippen LogP contribution in [0.15, 0.2) is 71.5 Å². The van der Waals surface area contributed by atoms with Crippen molar-refractivity contribution in [2.75, 3.05) is 11.9 Å². The molecule has 1 aromatic heterocycles. The Bertz CT molecular complexity index is 1350. The molecule has 0 aliphatic rings. The van der Waals surface area contributed by atoms with Crippen LogP contribution in [0.5, 0.6) is 5.75 Å². The fourth-order valence-electron chi connectivity index (χ4n) is 3.20. The minimum Gasteiger partial charge on any atom is -0.482 e. The molecule has 1 heterocycles. The summed E-state index contributed by atoms with van der Waals surface area (Å²) in [6.45, 7) is 1.53. The molecular formula is C23H17Cl2N3O3. The normalized spacial score (nSPS) is 10.8. The maximum Gasteiger partial charge on any atom is 0.265 e. The Morgan fingerprint density at radius 2 is 1.87 bits per heavy atom. The average molecular weight is 454 g/mol. The molecule has 0 saturated carbocycles. The lowest BCUT2D eigenvalue weighted by atomic mass is 10.2. The summed E-state index contributed by atoms with van der Waals surface area (Å²) in [5.41, 5.74) is 1.59. The van der Waals surface area contributed by atoms with Crippen molar-refractivity contribution in [2.45, 2.75) is 6.92 Å². The SMILES string of the molecule is Cc1nc2ccccc2c(=O)n1-c1cccc(NC(=O)COc2ccc(Cl)cc2Cl)c1. The molecule has 0 saturated heterocycles. The third-order valence-corrected chi connectivity index (χ3v) is 5.11. The van der Waals surface area contributed by atoms with E-state index in [0.29, 0.717) is 43.9 Å². The number of anilines is 1. The second-order valence-corrected chi connectivity index (χ2v) is 7.62. The highest BCUT2D eigenvalue weighted by molar-refractivity contribution is 6.35. The number of rotatable bonds is 5. The highest BCUT2D eigenvalue weighted by atomic mass is 35.5. The van der Waals surface area contributed by atoms with Crippen molar-refractivity contribution in [2.24, 2.45) is 0 Å². The second-order valence-electron chi connectivity index (χ2n) is 6.78. The van der Waals surface area contributed by atoms with E-state index in [-0.39, 0.29) is 18.1 Å². The van der Waals surface area contributed by atoms with Gasteiger partial charge in [0.05, 0.1) is 21.6 Å². The summed E-state index contributed by atoms with van der Waals surface area (Å²) in [6.07, 6.45) is 0. The van der Waals surface area contributed by atoms with Gasteiger partial charge in [0, 0.05) is 10.7 Å². The molecule has 8 heteroatoms. The van der Waals surface area contributed by atoms with E-state index in [0.717, 1.165) is 0 Å². The Kier molecular flexibility index (Phi) is 5.93. The topological polar surface area (TPSA) is 73.2 Å². The number of amides is 1. The number of halogens is 2. The maximum absolute atomic E-state index is 13.0. The fraction of sp³-hybridized carbons (Fsp3) is 0.0870. The number of hydrogen-bond donors (Lipinski definition) is 1. The molecule has 31 heavy (non-hydrogen) atoms. The van der Waals surface area contributed by atoms with Gasteiger partial charge in [-0.25, -0.2) is 4.98 Å². The van der Waals surface area contributed by atoms with E-state index in [4.69, 9.17) is 27.9 Å². The van der Waals surface area contributed by atoms with Crippen molar-refractivity contribution in [3.05, 3.63) is 93.0 Å². The van der Waals surface area contributed by atoms with Gasteiger partial charge in [0.1, 0.15) is 11.6 Å². The van der Waals surface area contributed by atoms with Crippen molar-refractivity contribution in [3.63, 3.8) is 0 Å². The smallest absolute Gasteiger partial charge is 0.265 e. The van der Waals surface area contributed by atoms with Crippen molar-refractivity contribution >= 4 is 45.7 Å². The van der Waals surface area contributed by atoms with Gasteiger partial charge in [0.2, 0.25) is 0 Å². The second kappa shape index (κ2) is 8.79. The van der Waals surface area contributed by atoms with Crippen LogP contribution >= 0.6 is 23.2 Å². The number of carbonyl (C=O) groups excluding carboxylic acids is 1. The standard InChI is InChI=1S/C23H17Cl2N3O3/c1-14-26-20-8-3-2-7-18(20)23(30)28(14)17-6-4-5-16(12-17)27-22(29)13-31-21-10-9-15(24)11-19(21)25/h2-12H,13H2,1H3,(H,27,29). The first-order chi connectivity index (χ1) is 14.9. The zero-order valence-electron chi connectivity index (χ0n) is 16.4. The number of aromatic nitrogens is 2. The zero-order valence-corrected chi connectivity index (χ0v) is 17.9. The highest BCUT2D eigenvalue weighted by Crippen LogP contribution is 2.27. The van der Waals surface area contributed by atoms with Crippen LogP contribution < -0.4 is 15.6 Å². The quantitative estimate of drug-likeness (QED) is 0.460. The first-order valence-corrected chi connectivity index (χ1v) is 10.1. The van der Waals surface area contributed by atoms with Gasteiger partial charge in [-0.15, -0.1) is 0 Å². The average Bonchev–Trinajstić information content (AvgIpc) is 2.73. The Balaban J connectivity index is 1.54. The number of carbonyl (C=O) groups is 1. The lowest BCUT2D eigenvalue weighted by Gasteiger charge is -2.13. The van der Waals surface area contributed by atoms with E-state index < -0.39 is 0 Å². The lowest BCUT2D eigenvalue weighted by Crippen LogP contribution is -2.23. The maximum atomic E-state index is 13.0. The van der Waals surface area contributed by atoms with Gasteiger partial charge < -0.3 is 10.1 Å². The zero-order chi connectivity index (χ0) is 22.0. The number of benzene rings is 3. The largest absolute Gasteiger partial charge is 0.482 e. The van der Waals surface area contributed by atoms with Gasteiger partial charge in [-0.2, -0.15) is 0 Å². The van der Waals surface area contributed by atoms with Crippen LogP contribution in [-0.4, -0.2) is 22.1 Å². The van der Waals surface area contributed by atoms with Gasteiger partial charge in [-0.3, -0.25) is 14.2 Å². The molecule has 156 valence electrons. The summed E-state index contributed by atoms with van der Waals surface area (Å²) in [7, 11) is 0. The molecule has 0 bridgehead atoms. The first-order valence-electron chi connectivity index (χ1n) is 9.39.